The molecule has 0 aromatic heterocycles. The molecule has 2 amide bonds. The molecule has 132 valence electrons. The first kappa shape index (κ1) is 17.5. The van der Waals surface area contributed by atoms with E-state index in [1.807, 2.05) is 12.1 Å². The zero-order chi connectivity index (χ0) is 17.2. The van der Waals surface area contributed by atoms with Crippen molar-refractivity contribution in [2.24, 2.45) is 0 Å². The highest BCUT2D eigenvalue weighted by Crippen LogP contribution is 2.33. The number of benzene rings is 1. The maximum atomic E-state index is 12.4. The van der Waals surface area contributed by atoms with E-state index >= 15 is 0 Å². The monoisotopic (exact) mass is 354 g/mol. The van der Waals surface area contributed by atoms with Crippen LogP contribution in [0.3, 0.4) is 0 Å². The number of aliphatic hydroxyl groups is 1. The Balaban J connectivity index is 1.56. The molecule has 3 rings (SSSR count). The Kier molecular flexibility index (Phi) is 5.30. The van der Waals surface area contributed by atoms with Gasteiger partial charge in [0.25, 0.3) is 0 Å². The third kappa shape index (κ3) is 3.67. The van der Waals surface area contributed by atoms with Gasteiger partial charge in [0.2, 0.25) is 0 Å². The molecule has 2 aliphatic rings. The average molecular weight is 355 g/mol. The molecule has 6 nitrogen and oxygen atoms in total. The molecule has 2 N–H and O–H groups in total. The third-order valence-electron chi connectivity index (χ3n) is 4.90. The Hall–Kier alpha value is -1.34. The topological polar surface area (TPSA) is 71.0 Å². The molecule has 24 heavy (non-hydrogen) atoms. The summed E-state index contributed by atoms with van der Waals surface area (Å²) in [6, 6.07) is 6.98. The molecule has 2 atom stereocenters. The van der Waals surface area contributed by atoms with E-state index in [1.165, 1.54) is 0 Å². The fourth-order valence-electron chi connectivity index (χ4n) is 3.28. The van der Waals surface area contributed by atoms with Crippen molar-refractivity contribution in [1.82, 2.24) is 10.2 Å². The molecule has 1 aromatic carbocycles. The quantitative estimate of drug-likeness (QED) is 0.867. The maximum absolute atomic E-state index is 12.4. The number of amides is 2. The zero-order valence-electron chi connectivity index (χ0n) is 13.7. The molecule has 2 heterocycles. The summed E-state index contributed by atoms with van der Waals surface area (Å²) in [6.07, 6.45) is 0.887. The van der Waals surface area contributed by atoms with E-state index in [0.717, 1.165) is 5.56 Å². The number of carbonyl (C=O) groups is 1. The van der Waals surface area contributed by atoms with Crippen LogP contribution in [0.4, 0.5) is 4.79 Å². The van der Waals surface area contributed by atoms with Crippen LogP contribution in [0.15, 0.2) is 24.3 Å². The molecule has 2 fully saturated rings. The smallest absolute Gasteiger partial charge is 0.317 e. The minimum atomic E-state index is -0.910. The Morgan fingerprint density at radius 3 is 2.62 bits per heavy atom. The van der Waals surface area contributed by atoms with E-state index in [0.29, 0.717) is 44.2 Å². The number of hydrogen-bond donors (Lipinski definition) is 2. The van der Waals surface area contributed by atoms with E-state index in [4.69, 9.17) is 21.1 Å². The third-order valence-corrected chi connectivity index (χ3v) is 5.15. The molecule has 2 aliphatic heterocycles. The lowest BCUT2D eigenvalue weighted by Gasteiger charge is -2.39. The van der Waals surface area contributed by atoms with Gasteiger partial charge in [0.1, 0.15) is 6.10 Å². The lowest BCUT2D eigenvalue weighted by Crippen LogP contribution is -2.53. The summed E-state index contributed by atoms with van der Waals surface area (Å²) >= 11 is 5.90. The van der Waals surface area contributed by atoms with Crippen molar-refractivity contribution in [2.45, 2.75) is 30.6 Å². The summed E-state index contributed by atoms with van der Waals surface area (Å²) in [7, 11) is 1.62. The Labute approximate surface area is 146 Å². The number of rotatable bonds is 3. The summed E-state index contributed by atoms with van der Waals surface area (Å²) in [5, 5.41) is 14.5. The van der Waals surface area contributed by atoms with E-state index in [2.05, 4.69) is 5.32 Å². The van der Waals surface area contributed by atoms with Crippen molar-refractivity contribution in [3.8, 4) is 0 Å². The number of halogens is 1. The second kappa shape index (κ2) is 7.27. The van der Waals surface area contributed by atoms with Gasteiger partial charge in [-0.25, -0.2) is 4.79 Å². The van der Waals surface area contributed by atoms with Crippen molar-refractivity contribution < 1.29 is 19.4 Å². The van der Waals surface area contributed by atoms with Crippen molar-refractivity contribution in [1.29, 1.82) is 0 Å². The molecule has 0 bridgehead atoms. The van der Waals surface area contributed by atoms with Crippen molar-refractivity contribution in [2.75, 3.05) is 33.4 Å². The number of nitrogens with one attached hydrogen (secondary N) is 1. The summed E-state index contributed by atoms with van der Waals surface area (Å²) < 4.78 is 10.6. The predicted octanol–water partition coefficient (Wildman–Crippen LogP) is 1.75. The molecular formula is C17H23ClN2O4. The van der Waals surface area contributed by atoms with Crippen LogP contribution in [0.5, 0.6) is 0 Å². The average Bonchev–Trinajstić information content (AvgIpc) is 3.03. The molecule has 0 spiro atoms. The van der Waals surface area contributed by atoms with Gasteiger partial charge < -0.3 is 24.8 Å². The second-order valence-corrected chi connectivity index (χ2v) is 6.83. The second-order valence-electron chi connectivity index (χ2n) is 6.39. The fourth-order valence-corrected chi connectivity index (χ4v) is 3.41. The predicted molar refractivity (Wildman–Crippen MR) is 90.1 cm³/mol. The summed E-state index contributed by atoms with van der Waals surface area (Å²) in [5.74, 6) is 0. The van der Waals surface area contributed by atoms with Crippen LogP contribution in [-0.4, -0.2) is 61.6 Å². The number of hydrogen-bond acceptors (Lipinski definition) is 4. The number of ether oxygens (including phenoxy) is 2. The van der Waals surface area contributed by atoms with Gasteiger partial charge in [0.05, 0.1) is 24.9 Å². The first-order valence-electron chi connectivity index (χ1n) is 8.16. The number of urea groups is 1. The van der Waals surface area contributed by atoms with Gasteiger partial charge in [0, 0.05) is 25.2 Å². The van der Waals surface area contributed by atoms with Crippen LogP contribution in [0.2, 0.25) is 5.02 Å². The van der Waals surface area contributed by atoms with Crippen LogP contribution < -0.4 is 5.32 Å². The first-order chi connectivity index (χ1) is 11.5. The lowest BCUT2D eigenvalue weighted by molar-refractivity contribution is -0.0174. The molecule has 0 radical (unpaired) electrons. The number of nitrogens with zero attached hydrogens (tertiary/aromatic N) is 1. The van der Waals surface area contributed by atoms with E-state index in [1.54, 1.807) is 24.1 Å². The van der Waals surface area contributed by atoms with Crippen LogP contribution in [0.1, 0.15) is 18.4 Å². The van der Waals surface area contributed by atoms with E-state index in [9.17, 15) is 9.90 Å². The molecule has 0 unspecified atom stereocenters. The van der Waals surface area contributed by atoms with Crippen LogP contribution in [0.25, 0.3) is 0 Å². The highest BCUT2D eigenvalue weighted by Gasteiger charge is 2.37. The molecule has 2 saturated heterocycles. The number of methoxy groups -OCH3 is 1. The minimum Gasteiger partial charge on any atom is -0.385 e. The molecule has 0 aliphatic carbocycles. The summed E-state index contributed by atoms with van der Waals surface area (Å²) in [6.45, 7) is 1.96. The Bertz CT molecular complexity index is 572. The molecule has 0 saturated carbocycles. The standard InChI is InChI=1S/C17H23ClN2O4/c1-23-15-11-24-10-14(15)19-16(21)20-8-6-17(22,7-9-20)12-2-4-13(18)5-3-12/h2-5,14-15,22H,6-11H2,1H3,(H,19,21)/t14-,15-/m0/s1. The van der Waals surface area contributed by atoms with Crippen molar-refractivity contribution in [3.63, 3.8) is 0 Å². The Morgan fingerprint density at radius 1 is 1.33 bits per heavy atom. The molecule has 1 aromatic rings. The SMILES string of the molecule is CO[C@H]1COC[C@@H]1NC(=O)N1CCC(O)(c2ccc(Cl)cc2)CC1. The van der Waals surface area contributed by atoms with Gasteiger partial charge in [0.15, 0.2) is 0 Å². The van der Waals surface area contributed by atoms with Crippen molar-refractivity contribution in [3.05, 3.63) is 34.9 Å². The lowest BCUT2D eigenvalue weighted by atomic mass is 9.84. The Morgan fingerprint density at radius 2 is 2.00 bits per heavy atom. The highest BCUT2D eigenvalue weighted by molar-refractivity contribution is 6.30. The number of carbonyl (C=O) groups excluding carboxylic acids is 1. The van der Waals surface area contributed by atoms with Crippen molar-refractivity contribution >= 4 is 17.6 Å². The van der Waals surface area contributed by atoms with E-state index in [-0.39, 0.29) is 18.2 Å². The van der Waals surface area contributed by atoms with E-state index < -0.39 is 5.60 Å². The van der Waals surface area contributed by atoms with Gasteiger partial charge in [-0.15, -0.1) is 0 Å². The zero-order valence-corrected chi connectivity index (χ0v) is 14.5. The maximum Gasteiger partial charge on any atom is 0.317 e. The molecular weight excluding hydrogens is 332 g/mol. The highest BCUT2D eigenvalue weighted by atomic mass is 35.5. The minimum absolute atomic E-state index is 0.107. The molecule has 7 heteroatoms. The van der Waals surface area contributed by atoms with Crippen LogP contribution >= 0.6 is 11.6 Å². The summed E-state index contributed by atoms with van der Waals surface area (Å²) in [4.78, 5) is 14.1. The van der Waals surface area contributed by atoms with Gasteiger partial charge in [-0.05, 0) is 30.5 Å². The van der Waals surface area contributed by atoms with Gasteiger partial charge in [-0.2, -0.15) is 0 Å². The summed E-state index contributed by atoms with van der Waals surface area (Å²) in [5.41, 5.74) is -0.0667. The first-order valence-corrected chi connectivity index (χ1v) is 8.54. The fraction of sp³-hybridized carbons (Fsp3) is 0.588. The van der Waals surface area contributed by atoms with Gasteiger partial charge in [-0.1, -0.05) is 23.7 Å². The van der Waals surface area contributed by atoms with Crippen LogP contribution in [-0.2, 0) is 15.1 Å². The number of piperidine rings is 1. The van der Waals surface area contributed by atoms with Crippen LogP contribution in [0, 0.1) is 0 Å². The number of likely N-dealkylation sites (tertiary alicyclic amines) is 1. The largest absolute Gasteiger partial charge is 0.385 e. The van der Waals surface area contributed by atoms with Gasteiger partial charge in [-0.3, -0.25) is 0 Å². The van der Waals surface area contributed by atoms with Gasteiger partial charge >= 0.3 is 6.03 Å². The normalized spacial score (nSPS) is 26.4.